The third kappa shape index (κ3) is 14.4. The summed E-state index contributed by atoms with van der Waals surface area (Å²) in [4.78, 5) is 88.2. The Hall–Kier alpha value is -4.02. The monoisotopic (exact) mass is 846 g/mol. The molecular weight excluding hydrogens is 796 g/mol. The Morgan fingerprint density at radius 2 is 1.60 bits per heavy atom. The van der Waals surface area contributed by atoms with Gasteiger partial charge in [-0.15, -0.1) is 0 Å². The maximum atomic E-state index is 15.9. The molecule has 2 amide bonds. The van der Waals surface area contributed by atoms with Crippen LogP contribution in [0.1, 0.15) is 82.3 Å². The maximum absolute atomic E-state index is 15.9. The van der Waals surface area contributed by atoms with E-state index in [0.29, 0.717) is 57.2 Å². The summed E-state index contributed by atoms with van der Waals surface area (Å²) in [7, 11) is -11.3. The number of hydrogen-bond acceptors (Lipinski definition) is 10. The van der Waals surface area contributed by atoms with Crippen LogP contribution in [0.4, 0.5) is 13.6 Å². The number of unbranched alkanes of at least 4 members (excludes halogenated alkanes) is 3. The van der Waals surface area contributed by atoms with Gasteiger partial charge >= 0.3 is 39.1 Å². The SMILES string of the molecule is CCOC(=O)CCCCCCN1C(=O)CCC[C@@H]1C=C[C@@H](OC(=O)Cc1ccc(OC(=O)NCCCC(O)(P(=O)(O)O)P(=O)(O)O)cc1)C(F)(F)c1ccccc1. The van der Waals surface area contributed by atoms with Crippen LogP contribution in [0.25, 0.3) is 0 Å². The Bertz CT molecular complexity index is 1750. The molecule has 2 atom stereocenters. The molecule has 3 rings (SSSR count). The molecule has 0 aliphatic carbocycles. The van der Waals surface area contributed by atoms with Crippen LogP contribution in [-0.2, 0) is 45.3 Å². The zero-order chi connectivity index (χ0) is 42.3. The zero-order valence-electron chi connectivity index (χ0n) is 31.4. The van der Waals surface area contributed by atoms with Crippen LogP contribution in [0.15, 0.2) is 66.7 Å². The van der Waals surface area contributed by atoms with E-state index in [4.69, 9.17) is 14.2 Å². The first kappa shape index (κ1) is 47.4. The standard InChI is InChI=1S/C37H50F2N2O14P2/c1-2-53-33(43)16-8-3-4-9-25-41-29(14-10-15-32(41)42)19-22-31(37(38,39)28-12-6-5-7-13-28)55-34(44)26-27-17-20-30(21-18-27)54-35(45)40-24-11-23-36(46,56(47,48)49)57(50,51)52/h5-7,12-13,17-22,29,31,46H,2-4,8-11,14-16,23-26H2,1H3,(H,40,45)(H2,47,48,49)(H2,50,51,52)/t29-,31-/m1/s1. The van der Waals surface area contributed by atoms with E-state index in [0.717, 1.165) is 18.9 Å². The van der Waals surface area contributed by atoms with E-state index in [2.05, 4.69) is 5.32 Å². The van der Waals surface area contributed by atoms with Gasteiger partial charge in [0.05, 0.1) is 19.1 Å². The number of carbonyl (C=O) groups excluding carboxylic acids is 4. The van der Waals surface area contributed by atoms with Gasteiger partial charge in [0.15, 0.2) is 6.10 Å². The molecule has 0 spiro atoms. The Labute approximate surface area is 328 Å². The summed E-state index contributed by atoms with van der Waals surface area (Å²) in [6.45, 7) is 2.07. The number of rotatable bonds is 22. The number of piperidine rings is 1. The summed E-state index contributed by atoms with van der Waals surface area (Å²) >= 11 is 0. The summed E-state index contributed by atoms with van der Waals surface area (Å²) in [6.07, 6.45) is 2.16. The summed E-state index contributed by atoms with van der Waals surface area (Å²) in [5.74, 6) is -5.02. The Morgan fingerprint density at radius 1 is 0.947 bits per heavy atom. The minimum Gasteiger partial charge on any atom is -0.466 e. The lowest BCUT2D eigenvalue weighted by Crippen LogP contribution is -2.43. The highest BCUT2D eigenvalue weighted by atomic mass is 31.2. The second-order valence-corrected chi connectivity index (χ2v) is 17.4. The number of carbonyl (C=O) groups is 4. The van der Waals surface area contributed by atoms with Crippen molar-refractivity contribution in [2.24, 2.45) is 0 Å². The molecule has 2 aromatic rings. The fourth-order valence-corrected chi connectivity index (χ4v) is 8.27. The van der Waals surface area contributed by atoms with E-state index < -0.39 is 69.7 Å². The van der Waals surface area contributed by atoms with Gasteiger partial charge in [0, 0.05) is 37.9 Å². The second kappa shape index (κ2) is 21.7. The molecule has 0 saturated carbocycles. The average molecular weight is 847 g/mol. The molecule has 0 radical (unpaired) electrons. The van der Waals surface area contributed by atoms with E-state index in [-0.39, 0.29) is 29.7 Å². The zero-order valence-corrected chi connectivity index (χ0v) is 33.2. The van der Waals surface area contributed by atoms with Gasteiger partial charge in [0.1, 0.15) is 5.75 Å². The second-order valence-electron chi connectivity index (χ2n) is 13.4. The van der Waals surface area contributed by atoms with E-state index in [1.165, 1.54) is 54.6 Å². The van der Waals surface area contributed by atoms with Gasteiger partial charge in [0.25, 0.3) is 5.08 Å². The number of halogens is 2. The molecule has 16 nitrogen and oxygen atoms in total. The van der Waals surface area contributed by atoms with Gasteiger partial charge in [0.2, 0.25) is 5.91 Å². The molecule has 6 N–H and O–H groups in total. The first-order chi connectivity index (χ1) is 26.8. The quantitative estimate of drug-likeness (QED) is 0.0384. The number of aliphatic hydroxyl groups is 1. The number of likely N-dealkylation sites (tertiary alicyclic amines) is 1. The summed E-state index contributed by atoms with van der Waals surface area (Å²) < 4.78 is 70.2. The molecule has 1 saturated heterocycles. The van der Waals surface area contributed by atoms with Gasteiger partial charge in [-0.1, -0.05) is 61.4 Å². The van der Waals surface area contributed by atoms with E-state index >= 15 is 8.78 Å². The van der Waals surface area contributed by atoms with Crippen molar-refractivity contribution < 1.29 is 76.0 Å². The van der Waals surface area contributed by atoms with Crippen molar-refractivity contribution in [2.45, 2.75) is 101 Å². The van der Waals surface area contributed by atoms with E-state index in [1.54, 1.807) is 17.9 Å². The Balaban J connectivity index is 1.61. The fourth-order valence-electron chi connectivity index (χ4n) is 6.01. The fraction of sp³-hybridized carbons (Fsp3) is 0.514. The van der Waals surface area contributed by atoms with Crippen LogP contribution in [0, 0.1) is 0 Å². The lowest BCUT2D eigenvalue weighted by Gasteiger charge is -2.34. The van der Waals surface area contributed by atoms with Gasteiger partial charge in [-0.05, 0) is 62.8 Å². The van der Waals surface area contributed by atoms with Gasteiger partial charge in [-0.3, -0.25) is 23.5 Å². The summed E-state index contributed by atoms with van der Waals surface area (Å²) in [6, 6.07) is 11.7. The average Bonchev–Trinajstić information content (AvgIpc) is 3.14. The molecule has 20 heteroatoms. The summed E-state index contributed by atoms with van der Waals surface area (Å²) in [5.41, 5.74) is -0.0649. The number of alkyl halides is 2. The molecule has 0 bridgehead atoms. The number of hydrogen-bond donors (Lipinski definition) is 6. The number of nitrogens with zero attached hydrogens (tertiary/aromatic N) is 1. The van der Waals surface area contributed by atoms with Crippen LogP contribution in [0.2, 0.25) is 0 Å². The number of nitrogens with one attached hydrogen (secondary N) is 1. The number of ether oxygens (including phenoxy) is 3. The third-order valence-corrected chi connectivity index (χ3v) is 13.0. The maximum Gasteiger partial charge on any atom is 0.412 e. The van der Waals surface area contributed by atoms with Crippen LogP contribution < -0.4 is 10.1 Å². The largest absolute Gasteiger partial charge is 0.466 e. The molecule has 1 aliphatic heterocycles. The molecular formula is C37H50F2N2O14P2. The predicted octanol–water partition coefficient (Wildman–Crippen LogP) is 5.25. The normalized spacial score (nSPS) is 16.0. The molecule has 0 aromatic heterocycles. The minimum atomic E-state index is -5.65. The summed E-state index contributed by atoms with van der Waals surface area (Å²) in [5, 5.41) is 8.49. The van der Waals surface area contributed by atoms with Crippen molar-refractivity contribution in [2.75, 3.05) is 19.7 Å². The van der Waals surface area contributed by atoms with Crippen molar-refractivity contribution in [3.05, 3.63) is 77.9 Å². The number of esters is 2. The van der Waals surface area contributed by atoms with Gasteiger partial charge < -0.3 is 49.1 Å². The Morgan fingerprint density at radius 3 is 2.23 bits per heavy atom. The third-order valence-electron chi connectivity index (χ3n) is 9.10. The highest BCUT2D eigenvalue weighted by Gasteiger charge is 2.58. The van der Waals surface area contributed by atoms with Crippen molar-refractivity contribution in [3.63, 3.8) is 0 Å². The van der Waals surface area contributed by atoms with Crippen LogP contribution in [-0.4, -0.2) is 90.4 Å². The number of amides is 2. The van der Waals surface area contributed by atoms with E-state index in [9.17, 15) is 53.0 Å². The predicted molar refractivity (Wildman–Crippen MR) is 201 cm³/mol. The molecule has 1 aliphatic rings. The van der Waals surface area contributed by atoms with E-state index in [1.807, 2.05) is 0 Å². The molecule has 57 heavy (non-hydrogen) atoms. The number of benzene rings is 2. The lowest BCUT2D eigenvalue weighted by atomic mass is 9.97. The highest BCUT2D eigenvalue weighted by Crippen LogP contribution is 2.69. The molecule has 1 fully saturated rings. The first-order valence-corrected chi connectivity index (χ1v) is 21.7. The topological polar surface area (TPSA) is 247 Å². The smallest absolute Gasteiger partial charge is 0.412 e. The molecule has 2 aromatic carbocycles. The van der Waals surface area contributed by atoms with Crippen LogP contribution in [0.5, 0.6) is 5.75 Å². The van der Waals surface area contributed by atoms with Crippen molar-refractivity contribution >= 4 is 39.1 Å². The van der Waals surface area contributed by atoms with Crippen LogP contribution >= 0.6 is 15.2 Å². The minimum absolute atomic E-state index is 0.0220. The molecule has 0 unspecified atom stereocenters. The van der Waals surface area contributed by atoms with Gasteiger partial charge in [-0.25, -0.2) is 4.79 Å². The molecule has 1 heterocycles. The van der Waals surface area contributed by atoms with Crippen molar-refractivity contribution in [1.29, 1.82) is 0 Å². The van der Waals surface area contributed by atoms with Crippen molar-refractivity contribution in [3.8, 4) is 5.75 Å². The Kier molecular flexibility index (Phi) is 18.0. The lowest BCUT2D eigenvalue weighted by molar-refractivity contribution is -0.167. The van der Waals surface area contributed by atoms with Crippen molar-refractivity contribution in [1.82, 2.24) is 10.2 Å². The highest BCUT2D eigenvalue weighted by molar-refractivity contribution is 7.72. The molecule has 316 valence electrons. The first-order valence-electron chi connectivity index (χ1n) is 18.4. The van der Waals surface area contributed by atoms with Crippen LogP contribution in [0.3, 0.4) is 0 Å². The van der Waals surface area contributed by atoms with Gasteiger partial charge in [-0.2, -0.15) is 8.78 Å².